The van der Waals surface area contributed by atoms with Crippen LogP contribution in [0.2, 0.25) is 0 Å². The first-order valence-electron chi connectivity index (χ1n) is 8.69. The minimum Gasteiger partial charge on any atom is -0.355 e. The highest BCUT2D eigenvalue weighted by molar-refractivity contribution is 6.03. The number of nitrogens with one attached hydrogen (secondary N) is 2. The van der Waals surface area contributed by atoms with Crippen LogP contribution in [-0.4, -0.2) is 32.5 Å². The maximum absolute atomic E-state index is 12.5. The monoisotopic (exact) mass is 349 g/mol. The highest BCUT2D eigenvalue weighted by Gasteiger charge is 2.13. The number of likely N-dealkylation sites (N-methyl/N-ethyl adjacent to an activating group) is 1. The van der Waals surface area contributed by atoms with Crippen LogP contribution in [0, 0.1) is 0 Å². The lowest BCUT2D eigenvalue weighted by molar-refractivity contribution is -0.113. The molecule has 26 heavy (non-hydrogen) atoms. The second kappa shape index (κ2) is 7.97. The quantitative estimate of drug-likeness (QED) is 0.833. The summed E-state index contributed by atoms with van der Waals surface area (Å²) in [6.07, 6.45) is 4.28. The molecule has 0 spiro atoms. The highest BCUT2D eigenvalue weighted by Crippen LogP contribution is 2.21. The van der Waals surface area contributed by atoms with Gasteiger partial charge in [0, 0.05) is 38.0 Å². The van der Waals surface area contributed by atoms with Crippen molar-refractivity contribution in [1.29, 1.82) is 0 Å². The first-order valence-corrected chi connectivity index (χ1v) is 8.69. The molecular weight excluding hydrogens is 326 g/mol. The molecule has 0 saturated carbocycles. The lowest BCUT2D eigenvalue weighted by Crippen LogP contribution is -2.26. The van der Waals surface area contributed by atoms with Crippen molar-refractivity contribution >= 4 is 23.6 Å². The molecule has 0 aliphatic carbocycles. The number of anilines is 1. The zero-order valence-electron chi connectivity index (χ0n) is 15.1. The minimum atomic E-state index is -0.147. The van der Waals surface area contributed by atoms with Gasteiger partial charge in [0.2, 0.25) is 0 Å². The van der Waals surface area contributed by atoms with Gasteiger partial charge in [-0.2, -0.15) is 0 Å². The molecule has 3 rings (SSSR count). The predicted molar refractivity (Wildman–Crippen MR) is 104 cm³/mol. The fourth-order valence-electron chi connectivity index (χ4n) is 3.01. The summed E-state index contributed by atoms with van der Waals surface area (Å²) < 4.78 is 0. The average Bonchev–Trinajstić information content (AvgIpc) is 2.70. The summed E-state index contributed by atoms with van der Waals surface area (Å²) in [7, 11) is 3.36. The molecule has 0 saturated heterocycles. The second-order valence-corrected chi connectivity index (χ2v) is 6.31. The van der Waals surface area contributed by atoms with Crippen molar-refractivity contribution in [1.82, 2.24) is 10.6 Å². The molecule has 2 aromatic rings. The van der Waals surface area contributed by atoms with E-state index >= 15 is 0 Å². The summed E-state index contributed by atoms with van der Waals surface area (Å²) in [5, 5.41) is 5.95. The number of rotatable bonds is 4. The Balaban J connectivity index is 1.73. The van der Waals surface area contributed by atoms with Gasteiger partial charge in [-0.25, -0.2) is 0 Å². The van der Waals surface area contributed by atoms with Crippen LogP contribution in [-0.2, 0) is 17.8 Å². The topological polar surface area (TPSA) is 61.4 Å². The van der Waals surface area contributed by atoms with Crippen LogP contribution in [0.25, 0.3) is 6.08 Å². The third-order valence-corrected chi connectivity index (χ3v) is 4.59. The highest BCUT2D eigenvalue weighted by atomic mass is 16.2. The molecule has 1 aliphatic heterocycles. The number of hydrogen-bond acceptors (Lipinski definition) is 3. The van der Waals surface area contributed by atoms with E-state index in [1.165, 1.54) is 17.2 Å². The normalized spacial score (nSPS) is 13.3. The second-order valence-electron chi connectivity index (χ2n) is 6.31. The van der Waals surface area contributed by atoms with Crippen molar-refractivity contribution in [2.75, 3.05) is 25.5 Å². The van der Waals surface area contributed by atoms with Crippen molar-refractivity contribution < 1.29 is 9.59 Å². The van der Waals surface area contributed by atoms with Gasteiger partial charge in [-0.3, -0.25) is 9.59 Å². The summed E-state index contributed by atoms with van der Waals surface area (Å²) in [6, 6.07) is 13.3. The van der Waals surface area contributed by atoms with Gasteiger partial charge in [0.1, 0.15) is 0 Å². The number of amides is 2. The summed E-state index contributed by atoms with van der Waals surface area (Å²) in [6.45, 7) is 1.84. The van der Waals surface area contributed by atoms with E-state index in [1.54, 1.807) is 43.3 Å². The summed E-state index contributed by atoms with van der Waals surface area (Å²) in [4.78, 5) is 25.8. The van der Waals surface area contributed by atoms with Crippen molar-refractivity contribution in [3.63, 3.8) is 0 Å². The molecule has 0 radical (unpaired) electrons. The van der Waals surface area contributed by atoms with Crippen LogP contribution >= 0.6 is 0 Å². The predicted octanol–water partition coefficient (Wildman–Crippen LogP) is 2.37. The van der Waals surface area contributed by atoms with E-state index in [1.807, 2.05) is 12.1 Å². The molecule has 0 bridgehead atoms. The largest absolute Gasteiger partial charge is 0.355 e. The van der Waals surface area contributed by atoms with Crippen molar-refractivity contribution in [2.24, 2.45) is 0 Å². The molecule has 134 valence electrons. The Morgan fingerprint density at radius 3 is 2.81 bits per heavy atom. The van der Waals surface area contributed by atoms with Crippen molar-refractivity contribution in [3.8, 4) is 0 Å². The fraction of sp³-hybridized carbons (Fsp3) is 0.238. The number of carbonyl (C=O) groups is 2. The van der Waals surface area contributed by atoms with Crippen LogP contribution in [0.5, 0.6) is 0 Å². The van der Waals surface area contributed by atoms with Gasteiger partial charge in [-0.1, -0.05) is 18.2 Å². The van der Waals surface area contributed by atoms with Crippen LogP contribution in [0.4, 0.5) is 5.69 Å². The van der Waals surface area contributed by atoms with Crippen molar-refractivity contribution in [3.05, 3.63) is 70.8 Å². The van der Waals surface area contributed by atoms with Crippen LogP contribution in [0.15, 0.2) is 48.5 Å². The Bertz CT molecular complexity index is 858. The van der Waals surface area contributed by atoms with Crippen LogP contribution in [0.3, 0.4) is 0 Å². The van der Waals surface area contributed by atoms with Gasteiger partial charge in [-0.05, 0) is 60.0 Å². The van der Waals surface area contributed by atoms with Crippen LogP contribution < -0.4 is 15.5 Å². The molecule has 1 heterocycles. The number of nitrogens with zero attached hydrogens (tertiary/aromatic N) is 1. The molecule has 0 atom stereocenters. The molecular formula is C21H23N3O2. The van der Waals surface area contributed by atoms with E-state index in [-0.39, 0.29) is 11.8 Å². The first-order chi connectivity index (χ1) is 12.6. The van der Waals surface area contributed by atoms with E-state index < -0.39 is 0 Å². The SMILES string of the molecule is CNC(=O)c1cccc(C=CC(=O)N(C)c2ccc3c(c2)CNCC3)c1. The average molecular weight is 349 g/mol. The molecule has 2 aromatic carbocycles. The van der Waals surface area contributed by atoms with Crippen molar-refractivity contribution in [2.45, 2.75) is 13.0 Å². The molecule has 2 amide bonds. The molecule has 0 fully saturated rings. The van der Waals surface area contributed by atoms with E-state index in [0.29, 0.717) is 5.56 Å². The Labute approximate surface area is 153 Å². The number of hydrogen-bond donors (Lipinski definition) is 2. The number of fused-ring (bicyclic) bond motifs is 1. The first kappa shape index (κ1) is 17.9. The third-order valence-electron chi connectivity index (χ3n) is 4.59. The van der Waals surface area contributed by atoms with Gasteiger partial charge >= 0.3 is 0 Å². The van der Waals surface area contributed by atoms with Crippen LogP contribution in [0.1, 0.15) is 27.0 Å². The molecule has 1 aliphatic rings. The molecule has 0 aromatic heterocycles. The zero-order valence-corrected chi connectivity index (χ0v) is 15.1. The molecule has 0 unspecified atom stereocenters. The smallest absolute Gasteiger partial charge is 0.251 e. The summed E-state index contributed by atoms with van der Waals surface area (Å²) >= 11 is 0. The Morgan fingerprint density at radius 2 is 2.00 bits per heavy atom. The summed E-state index contributed by atoms with van der Waals surface area (Å²) in [5.74, 6) is -0.259. The molecule has 5 nitrogen and oxygen atoms in total. The lowest BCUT2D eigenvalue weighted by atomic mass is 10.0. The van der Waals surface area contributed by atoms with E-state index in [4.69, 9.17) is 0 Å². The van der Waals surface area contributed by atoms with Gasteiger partial charge < -0.3 is 15.5 Å². The maximum atomic E-state index is 12.5. The minimum absolute atomic E-state index is 0.112. The van der Waals surface area contributed by atoms with E-state index in [9.17, 15) is 9.59 Å². The fourth-order valence-corrected chi connectivity index (χ4v) is 3.01. The maximum Gasteiger partial charge on any atom is 0.251 e. The van der Waals surface area contributed by atoms with Gasteiger partial charge in [-0.15, -0.1) is 0 Å². The number of benzene rings is 2. The molecule has 5 heteroatoms. The van der Waals surface area contributed by atoms with E-state index in [0.717, 1.165) is 30.8 Å². The lowest BCUT2D eigenvalue weighted by Gasteiger charge is -2.21. The Kier molecular flexibility index (Phi) is 5.49. The Hall–Kier alpha value is -2.92. The van der Waals surface area contributed by atoms with Gasteiger partial charge in [0.15, 0.2) is 0 Å². The molecule has 2 N–H and O–H groups in total. The van der Waals surface area contributed by atoms with Gasteiger partial charge in [0.05, 0.1) is 0 Å². The number of carbonyl (C=O) groups excluding carboxylic acids is 2. The summed E-state index contributed by atoms with van der Waals surface area (Å²) in [5.41, 5.74) is 4.84. The third kappa shape index (κ3) is 4.00. The zero-order chi connectivity index (χ0) is 18.5. The van der Waals surface area contributed by atoms with E-state index in [2.05, 4.69) is 22.8 Å². The standard InChI is InChI=1S/C21H23N3O2/c1-22-21(26)17-5-3-4-15(12-17)6-9-20(25)24(2)19-8-7-16-10-11-23-14-18(16)13-19/h3-9,12-13,23H,10-11,14H2,1-2H3,(H,22,26). The Morgan fingerprint density at radius 1 is 1.15 bits per heavy atom. The van der Waals surface area contributed by atoms with Gasteiger partial charge in [0.25, 0.3) is 11.8 Å².